The number of urea groups is 1. The molecule has 2 N–H and O–H groups in total. The molecule has 1 aliphatic heterocycles. The van der Waals surface area contributed by atoms with Gasteiger partial charge in [0.25, 0.3) is 11.8 Å². The first-order valence-corrected chi connectivity index (χ1v) is 16.1. The number of imide groups is 1. The Morgan fingerprint density at radius 3 is 2.52 bits per heavy atom. The van der Waals surface area contributed by atoms with E-state index in [1.807, 2.05) is 6.07 Å². The number of carbonyl (C=O) groups excluding carboxylic acids is 4. The van der Waals surface area contributed by atoms with Gasteiger partial charge < -0.3 is 14.6 Å². The van der Waals surface area contributed by atoms with Gasteiger partial charge in [-0.3, -0.25) is 19.1 Å². The first-order chi connectivity index (χ1) is 21.0. The minimum absolute atomic E-state index is 0.0274. The molecular formula is C28H26F2N6O6S2. The fourth-order valence-corrected chi connectivity index (χ4v) is 7.45. The van der Waals surface area contributed by atoms with Crippen molar-refractivity contribution in [1.82, 2.24) is 30.7 Å². The van der Waals surface area contributed by atoms with Crippen LogP contribution in [0.3, 0.4) is 0 Å². The highest BCUT2D eigenvalue weighted by Crippen LogP contribution is 2.37. The molecule has 3 unspecified atom stereocenters. The lowest BCUT2D eigenvalue weighted by molar-refractivity contribution is -0.123. The summed E-state index contributed by atoms with van der Waals surface area (Å²) in [4.78, 5) is 54.2. The molecule has 230 valence electrons. The molecular weight excluding hydrogens is 618 g/mol. The Morgan fingerprint density at radius 2 is 1.86 bits per heavy atom. The van der Waals surface area contributed by atoms with Crippen LogP contribution in [0.25, 0.3) is 21.3 Å². The second kappa shape index (κ2) is 12.2. The van der Waals surface area contributed by atoms with Crippen molar-refractivity contribution in [2.75, 3.05) is 32.7 Å². The van der Waals surface area contributed by atoms with Gasteiger partial charge in [0.2, 0.25) is 11.8 Å². The fourth-order valence-electron chi connectivity index (χ4n) is 4.76. The van der Waals surface area contributed by atoms with E-state index in [0.717, 1.165) is 16.2 Å². The van der Waals surface area contributed by atoms with E-state index in [1.165, 1.54) is 13.2 Å². The molecule has 1 saturated heterocycles. The van der Waals surface area contributed by atoms with Gasteiger partial charge in [0, 0.05) is 24.9 Å². The number of fused-ring (bicyclic) bond motifs is 1. The highest BCUT2D eigenvalue weighted by molar-refractivity contribution is 8.00. The van der Waals surface area contributed by atoms with Gasteiger partial charge in [-0.2, -0.15) is 0 Å². The number of hydrogen-bond donors (Lipinski definition) is 2. The summed E-state index contributed by atoms with van der Waals surface area (Å²) in [6.07, 6.45) is 1.06. The average molecular weight is 645 g/mol. The normalized spacial score (nSPS) is 18.4. The van der Waals surface area contributed by atoms with Gasteiger partial charge in [0.15, 0.2) is 10.5 Å². The highest BCUT2D eigenvalue weighted by Gasteiger charge is 2.44. The van der Waals surface area contributed by atoms with Crippen LogP contribution in [0.1, 0.15) is 39.3 Å². The number of thiazole rings is 1. The SMILES string of the molecule is CC1(Cc2nnc(C(c3nc4ccc(-c5cccc(C(=O)N(CCF)CCF)c5)cc4s3)S(C)(=O)=C=O)o2)NC(=O)NC1=O. The number of amides is 4. The van der Waals surface area contributed by atoms with Gasteiger partial charge in [-0.1, -0.05) is 18.2 Å². The minimum Gasteiger partial charge on any atom is -0.423 e. The van der Waals surface area contributed by atoms with E-state index in [9.17, 15) is 32.2 Å². The predicted molar refractivity (Wildman–Crippen MR) is 158 cm³/mol. The summed E-state index contributed by atoms with van der Waals surface area (Å²) in [7, 11) is -3.41. The second-order valence-electron chi connectivity index (χ2n) is 10.3. The lowest BCUT2D eigenvalue weighted by Crippen LogP contribution is -2.45. The Morgan fingerprint density at radius 1 is 1.14 bits per heavy atom. The molecule has 4 amide bonds. The molecule has 3 heterocycles. The molecule has 4 aromatic rings. The lowest BCUT2D eigenvalue weighted by Gasteiger charge is -2.20. The second-order valence-corrected chi connectivity index (χ2v) is 13.8. The molecule has 2 aromatic carbocycles. The summed E-state index contributed by atoms with van der Waals surface area (Å²) >= 11 is 1.15. The molecule has 0 saturated carbocycles. The Hall–Kier alpha value is -4.53. The average Bonchev–Trinajstić information content (AvgIpc) is 3.68. The van der Waals surface area contributed by atoms with E-state index in [0.29, 0.717) is 21.3 Å². The number of aromatic nitrogens is 3. The summed E-state index contributed by atoms with van der Waals surface area (Å²) in [5.41, 5.74) is 0.849. The number of carbonyl (C=O) groups is 3. The number of rotatable bonds is 11. The Labute approximate surface area is 253 Å². The van der Waals surface area contributed by atoms with E-state index in [2.05, 4.69) is 25.8 Å². The van der Waals surface area contributed by atoms with Crippen molar-refractivity contribution in [3.8, 4) is 11.1 Å². The van der Waals surface area contributed by atoms with Crippen LogP contribution < -0.4 is 10.6 Å². The zero-order valence-corrected chi connectivity index (χ0v) is 25.1. The summed E-state index contributed by atoms with van der Waals surface area (Å²) in [5, 5.41) is 13.2. The van der Waals surface area contributed by atoms with Crippen LogP contribution >= 0.6 is 11.3 Å². The third-order valence-corrected chi connectivity index (χ3v) is 9.90. The van der Waals surface area contributed by atoms with Gasteiger partial charge in [0.1, 0.15) is 23.9 Å². The number of halogens is 2. The standard InChI is InChI=1S/C28H26F2N6O6S2/c1-28(26(39)32-27(40)33-28)14-21-34-35-23(42-21)22(44(2,41)15-37)24-31-19-7-6-17(13-20(19)43-24)16-4-3-5-18(12-16)25(38)36(10-8-29)11-9-30/h3-7,12-13,22H,8-11,14H2,1-2H3,(H2,32,33,39,40). The Balaban J connectivity index is 1.47. The van der Waals surface area contributed by atoms with Crippen molar-refractivity contribution in [2.24, 2.45) is 0 Å². The van der Waals surface area contributed by atoms with Gasteiger partial charge in [0.05, 0.1) is 26.2 Å². The van der Waals surface area contributed by atoms with E-state index < -0.39 is 51.5 Å². The maximum atomic E-state index is 13.4. The predicted octanol–water partition coefficient (Wildman–Crippen LogP) is 2.94. The number of nitrogens with zero attached hydrogens (tertiary/aromatic N) is 4. The van der Waals surface area contributed by atoms with Crippen LogP contribution in [0.4, 0.5) is 13.6 Å². The zero-order valence-electron chi connectivity index (χ0n) is 23.5. The van der Waals surface area contributed by atoms with E-state index in [4.69, 9.17) is 4.42 Å². The van der Waals surface area contributed by atoms with Crippen molar-refractivity contribution >= 4 is 54.2 Å². The van der Waals surface area contributed by atoms with Crippen LogP contribution in [-0.4, -0.2) is 85.6 Å². The largest absolute Gasteiger partial charge is 0.423 e. The number of benzene rings is 2. The van der Waals surface area contributed by atoms with Gasteiger partial charge >= 0.3 is 6.03 Å². The summed E-state index contributed by atoms with van der Waals surface area (Å²) < 4.78 is 45.6. The molecule has 5 rings (SSSR count). The first kappa shape index (κ1) is 30.9. The Bertz CT molecular complexity index is 1910. The molecule has 0 spiro atoms. The van der Waals surface area contributed by atoms with Crippen LogP contribution in [0, 0.1) is 0 Å². The van der Waals surface area contributed by atoms with Gasteiger partial charge in [-0.05, 0) is 42.3 Å². The summed E-state index contributed by atoms with van der Waals surface area (Å²) in [5.74, 6) is -1.26. The fraction of sp³-hybridized carbons (Fsp3) is 0.321. The van der Waals surface area contributed by atoms with Crippen molar-refractivity contribution in [2.45, 2.75) is 24.1 Å². The zero-order chi connectivity index (χ0) is 31.6. The number of nitrogens with one attached hydrogen (secondary N) is 2. The van der Waals surface area contributed by atoms with Crippen LogP contribution in [-0.2, 0) is 25.5 Å². The molecule has 44 heavy (non-hydrogen) atoms. The van der Waals surface area contributed by atoms with Crippen molar-refractivity contribution in [3.63, 3.8) is 0 Å². The highest BCUT2D eigenvalue weighted by atomic mass is 32.2. The van der Waals surface area contributed by atoms with Crippen LogP contribution in [0.5, 0.6) is 0 Å². The smallest absolute Gasteiger partial charge is 0.322 e. The van der Waals surface area contributed by atoms with Gasteiger partial charge in [-0.25, -0.2) is 23.4 Å². The third-order valence-electron chi connectivity index (χ3n) is 7.01. The molecule has 0 radical (unpaired) electrons. The monoisotopic (exact) mass is 644 g/mol. The van der Waals surface area contributed by atoms with Crippen molar-refractivity contribution < 1.29 is 36.6 Å². The number of alkyl halides is 2. The topological polar surface area (TPSA) is 164 Å². The number of hydrogen-bond acceptors (Lipinski definition) is 10. The molecule has 16 heteroatoms. The molecule has 12 nitrogen and oxygen atoms in total. The first-order valence-electron chi connectivity index (χ1n) is 13.2. The molecule has 2 aromatic heterocycles. The van der Waals surface area contributed by atoms with Crippen LogP contribution in [0.2, 0.25) is 0 Å². The summed E-state index contributed by atoms with van der Waals surface area (Å²) in [6.45, 7) is -0.521. The lowest BCUT2D eigenvalue weighted by atomic mass is 9.98. The van der Waals surface area contributed by atoms with Crippen molar-refractivity contribution in [3.05, 3.63) is 64.8 Å². The molecule has 1 aliphatic rings. The minimum atomic E-state index is -3.41. The quantitative estimate of drug-likeness (QED) is 0.185. The third kappa shape index (κ3) is 6.09. The maximum Gasteiger partial charge on any atom is 0.322 e. The molecule has 3 atom stereocenters. The van der Waals surface area contributed by atoms with Crippen molar-refractivity contribution in [1.29, 1.82) is 0 Å². The molecule has 0 bridgehead atoms. The van der Waals surface area contributed by atoms with Crippen LogP contribution in [0.15, 0.2) is 46.9 Å². The van der Waals surface area contributed by atoms with E-state index >= 15 is 0 Å². The molecule has 0 aliphatic carbocycles. The maximum absolute atomic E-state index is 13.4. The molecule has 1 fully saturated rings. The van der Waals surface area contributed by atoms with Gasteiger partial charge in [-0.15, -0.1) is 21.5 Å². The van der Waals surface area contributed by atoms with E-state index in [-0.39, 0.29) is 41.9 Å². The van der Waals surface area contributed by atoms with E-state index in [1.54, 1.807) is 41.6 Å². The summed E-state index contributed by atoms with van der Waals surface area (Å²) in [6, 6.07) is 11.3. The Kier molecular flexibility index (Phi) is 8.59.